The fourth-order valence-corrected chi connectivity index (χ4v) is 3.37. The van der Waals surface area contributed by atoms with E-state index in [1.165, 1.54) is 0 Å². The smallest absolute Gasteiger partial charge is 0.0749 e. The molecule has 22 heavy (non-hydrogen) atoms. The van der Waals surface area contributed by atoms with E-state index in [2.05, 4.69) is 74.6 Å². The molecule has 0 aromatic carbocycles. The summed E-state index contributed by atoms with van der Waals surface area (Å²) in [7, 11) is 0. The largest absolute Gasteiger partial charge is 0.395 e. The highest BCUT2D eigenvalue weighted by Crippen LogP contribution is 2.46. The van der Waals surface area contributed by atoms with Gasteiger partial charge in [-0.1, -0.05) is 69.2 Å². The van der Waals surface area contributed by atoms with E-state index in [-0.39, 0.29) is 34.3 Å². The first-order valence-electron chi connectivity index (χ1n) is 8.58. The van der Waals surface area contributed by atoms with Crippen molar-refractivity contribution in [3.8, 4) is 0 Å². The summed E-state index contributed by atoms with van der Waals surface area (Å²) >= 11 is 0. The summed E-state index contributed by atoms with van der Waals surface area (Å²) in [5.74, 6) is 0. The average Bonchev–Trinajstić information content (AvgIpc) is 2.24. The standard InChI is InChI=1S/C19H41NO2/c1-16(2,3)13-18(7,8)15(22)14(20-11-12-21)19(9,10)17(4,5)6/h14-15,20-22H,11-13H2,1-10H3. The second-order valence-electron chi connectivity index (χ2n) is 10.3. The zero-order valence-corrected chi connectivity index (χ0v) is 16.7. The minimum absolute atomic E-state index is 0.0406. The van der Waals surface area contributed by atoms with E-state index in [1.807, 2.05) is 0 Å². The normalized spacial score (nSPS) is 17.5. The van der Waals surface area contributed by atoms with Crippen LogP contribution in [0.2, 0.25) is 0 Å². The molecule has 0 bridgehead atoms. The fourth-order valence-electron chi connectivity index (χ4n) is 3.37. The third-order valence-electron chi connectivity index (χ3n) is 5.29. The van der Waals surface area contributed by atoms with Crippen LogP contribution in [-0.2, 0) is 0 Å². The molecule has 0 amide bonds. The van der Waals surface area contributed by atoms with Crippen LogP contribution in [-0.4, -0.2) is 35.5 Å². The number of hydrogen-bond donors (Lipinski definition) is 3. The molecule has 3 nitrogen and oxygen atoms in total. The molecule has 0 aliphatic carbocycles. The number of hydrogen-bond acceptors (Lipinski definition) is 3. The predicted octanol–water partition coefficient (Wildman–Crippen LogP) is 3.83. The van der Waals surface area contributed by atoms with Crippen LogP contribution in [0.1, 0.15) is 75.7 Å². The van der Waals surface area contributed by atoms with E-state index < -0.39 is 6.10 Å². The Labute approximate surface area is 138 Å². The maximum Gasteiger partial charge on any atom is 0.0749 e. The molecule has 0 fully saturated rings. The molecule has 2 unspecified atom stereocenters. The molecule has 0 rings (SSSR count). The van der Waals surface area contributed by atoms with Crippen molar-refractivity contribution in [1.29, 1.82) is 0 Å². The lowest BCUT2D eigenvalue weighted by Crippen LogP contribution is -2.59. The number of nitrogens with one attached hydrogen (secondary N) is 1. The molecule has 2 atom stereocenters. The van der Waals surface area contributed by atoms with E-state index in [0.717, 1.165) is 6.42 Å². The Hall–Kier alpha value is -0.120. The molecule has 134 valence electrons. The quantitative estimate of drug-likeness (QED) is 0.669. The van der Waals surface area contributed by atoms with Crippen molar-refractivity contribution in [2.45, 2.75) is 87.8 Å². The zero-order valence-electron chi connectivity index (χ0n) is 16.7. The Kier molecular flexibility index (Phi) is 7.15. The molecule has 0 saturated carbocycles. The van der Waals surface area contributed by atoms with Gasteiger partial charge in [-0.3, -0.25) is 0 Å². The van der Waals surface area contributed by atoms with E-state index in [1.54, 1.807) is 0 Å². The van der Waals surface area contributed by atoms with Gasteiger partial charge >= 0.3 is 0 Å². The first-order chi connectivity index (χ1) is 9.56. The first kappa shape index (κ1) is 21.9. The van der Waals surface area contributed by atoms with Crippen LogP contribution in [0.4, 0.5) is 0 Å². The van der Waals surface area contributed by atoms with Gasteiger partial charge in [0.1, 0.15) is 0 Å². The van der Waals surface area contributed by atoms with Crippen LogP contribution < -0.4 is 5.32 Å². The first-order valence-corrected chi connectivity index (χ1v) is 8.58. The van der Waals surface area contributed by atoms with Crippen molar-refractivity contribution in [3.63, 3.8) is 0 Å². The monoisotopic (exact) mass is 315 g/mol. The third kappa shape index (κ3) is 5.82. The summed E-state index contributed by atoms with van der Waals surface area (Å²) < 4.78 is 0. The summed E-state index contributed by atoms with van der Waals surface area (Å²) in [6.07, 6.45) is 0.464. The molecule has 0 aliphatic rings. The summed E-state index contributed by atoms with van der Waals surface area (Å²) in [5.41, 5.74) is -0.110. The molecule has 3 heteroatoms. The van der Waals surface area contributed by atoms with Crippen LogP contribution >= 0.6 is 0 Å². The molecule has 0 aromatic heterocycles. The highest BCUT2D eigenvalue weighted by molar-refractivity contribution is 5.01. The minimum Gasteiger partial charge on any atom is -0.395 e. The van der Waals surface area contributed by atoms with E-state index in [9.17, 15) is 10.2 Å². The molecular weight excluding hydrogens is 274 g/mol. The molecule has 0 radical (unpaired) electrons. The van der Waals surface area contributed by atoms with E-state index in [4.69, 9.17) is 0 Å². The Bertz CT molecular complexity index is 334. The van der Waals surface area contributed by atoms with Crippen molar-refractivity contribution in [2.24, 2.45) is 21.7 Å². The summed E-state index contributed by atoms with van der Waals surface area (Å²) in [6.45, 7) is 22.6. The highest BCUT2D eigenvalue weighted by Gasteiger charge is 2.47. The lowest BCUT2D eigenvalue weighted by molar-refractivity contribution is -0.0664. The second-order valence-corrected chi connectivity index (χ2v) is 10.3. The van der Waals surface area contributed by atoms with Crippen LogP contribution in [0, 0.1) is 21.7 Å². The maximum atomic E-state index is 11.2. The van der Waals surface area contributed by atoms with Crippen molar-refractivity contribution >= 4 is 0 Å². The number of rotatable bonds is 7. The van der Waals surface area contributed by atoms with E-state index in [0.29, 0.717) is 6.54 Å². The average molecular weight is 316 g/mol. The topological polar surface area (TPSA) is 52.5 Å². The van der Waals surface area contributed by atoms with Crippen LogP contribution in [0.25, 0.3) is 0 Å². The third-order valence-corrected chi connectivity index (χ3v) is 5.29. The number of aliphatic hydroxyl groups is 2. The van der Waals surface area contributed by atoms with Crippen molar-refractivity contribution < 1.29 is 10.2 Å². The van der Waals surface area contributed by atoms with Crippen LogP contribution in [0.3, 0.4) is 0 Å². The van der Waals surface area contributed by atoms with Gasteiger partial charge in [-0.25, -0.2) is 0 Å². The van der Waals surface area contributed by atoms with Crippen LogP contribution in [0.5, 0.6) is 0 Å². The highest BCUT2D eigenvalue weighted by atomic mass is 16.3. The van der Waals surface area contributed by atoms with Gasteiger partial charge in [0.25, 0.3) is 0 Å². The van der Waals surface area contributed by atoms with Crippen molar-refractivity contribution in [3.05, 3.63) is 0 Å². The van der Waals surface area contributed by atoms with Crippen molar-refractivity contribution in [2.75, 3.05) is 13.2 Å². The number of aliphatic hydroxyl groups excluding tert-OH is 2. The van der Waals surface area contributed by atoms with Crippen molar-refractivity contribution in [1.82, 2.24) is 5.32 Å². The van der Waals surface area contributed by atoms with Gasteiger partial charge in [-0.05, 0) is 28.1 Å². The van der Waals surface area contributed by atoms with Crippen LogP contribution in [0.15, 0.2) is 0 Å². The molecule has 0 saturated heterocycles. The minimum atomic E-state index is -0.479. The summed E-state index contributed by atoms with van der Waals surface area (Å²) in [6, 6.07) is -0.0722. The van der Waals surface area contributed by atoms with Gasteiger partial charge in [-0.2, -0.15) is 0 Å². The van der Waals surface area contributed by atoms with Gasteiger partial charge in [0.15, 0.2) is 0 Å². The Morgan fingerprint density at radius 2 is 1.32 bits per heavy atom. The van der Waals surface area contributed by atoms with E-state index >= 15 is 0 Å². The maximum absolute atomic E-state index is 11.2. The molecule has 3 N–H and O–H groups in total. The Morgan fingerprint density at radius 1 is 0.864 bits per heavy atom. The molecule has 0 aliphatic heterocycles. The second kappa shape index (κ2) is 7.19. The van der Waals surface area contributed by atoms with Gasteiger partial charge in [0.2, 0.25) is 0 Å². The molecule has 0 aromatic rings. The molecule has 0 spiro atoms. The van der Waals surface area contributed by atoms with Gasteiger partial charge in [0.05, 0.1) is 12.7 Å². The Morgan fingerprint density at radius 3 is 1.64 bits per heavy atom. The lowest BCUT2D eigenvalue weighted by atomic mass is 9.59. The fraction of sp³-hybridized carbons (Fsp3) is 1.00. The predicted molar refractivity (Wildman–Crippen MR) is 96.0 cm³/mol. The van der Waals surface area contributed by atoms with Gasteiger partial charge in [-0.15, -0.1) is 0 Å². The van der Waals surface area contributed by atoms with Gasteiger partial charge < -0.3 is 15.5 Å². The lowest BCUT2D eigenvalue weighted by Gasteiger charge is -2.51. The summed E-state index contributed by atoms with van der Waals surface area (Å²) in [5, 5.41) is 23.8. The molecular formula is C19H41NO2. The van der Waals surface area contributed by atoms with Gasteiger partial charge in [0, 0.05) is 12.6 Å². The SMILES string of the molecule is CC(C)(C)CC(C)(C)C(O)C(NCCO)C(C)(C)C(C)(C)C. The molecule has 0 heterocycles. The zero-order chi connectivity index (χ0) is 18.0. The Balaban J connectivity index is 5.52. The summed E-state index contributed by atoms with van der Waals surface area (Å²) in [4.78, 5) is 0.